The van der Waals surface area contributed by atoms with Crippen LogP contribution in [0.25, 0.3) is 0 Å². The van der Waals surface area contributed by atoms with Gasteiger partial charge < -0.3 is 4.90 Å². The zero-order valence-electron chi connectivity index (χ0n) is 18.2. The third-order valence-corrected chi connectivity index (χ3v) is 8.42. The van der Waals surface area contributed by atoms with Gasteiger partial charge in [-0.2, -0.15) is 0 Å². The van der Waals surface area contributed by atoms with Crippen LogP contribution in [-0.2, 0) is 21.2 Å². The van der Waals surface area contributed by atoms with Crippen LogP contribution in [0.2, 0.25) is 0 Å². The second-order valence-electron chi connectivity index (χ2n) is 8.76. The Balaban J connectivity index is 1.61. The van der Waals surface area contributed by atoms with E-state index in [4.69, 9.17) is 0 Å². The number of fused-ring (bicyclic) bond motifs is 1. The number of hydrogen-bond donors (Lipinski definition) is 1. The molecule has 1 aliphatic heterocycles. The molecule has 6 heteroatoms. The molecule has 160 valence electrons. The van der Waals surface area contributed by atoms with E-state index in [1.807, 2.05) is 50.8 Å². The summed E-state index contributed by atoms with van der Waals surface area (Å²) in [5.41, 5.74) is 5.98. The lowest BCUT2D eigenvalue weighted by Gasteiger charge is -2.21. The average Bonchev–Trinajstić information content (AvgIpc) is 3.35. The molecule has 0 saturated heterocycles. The molecule has 1 heterocycles. The maximum Gasteiger partial charge on any atom is 0.262 e. The Morgan fingerprint density at radius 1 is 1.00 bits per heavy atom. The molecule has 0 bridgehead atoms. The molecule has 1 amide bonds. The van der Waals surface area contributed by atoms with Gasteiger partial charge in [-0.25, -0.2) is 8.42 Å². The van der Waals surface area contributed by atoms with E-state index in [0.717, 1.165) is 65.6 Å². The van der Waals surface area contributed by atoms with Crippen molar-refractivity contribution in [1.29, 1.82) is 0 Å². The maximum absolute atomic E-state index is 13.2. The predicted octanol–water partition coefficient (Wildman–Crippen LogP) is 4.80. The summed E-state index contributed by atoms with van der Waals surface area (Å²) in [6, 6.07) is 7.55. The largest absolute Gasteiger partial charge is 0.312 e. The summed E-state index contributed by atoms with van der Waals surface area (Å²) >= 11 is 0. The van der Waals surface area contributed by atoms with Crippen LogP contribution in [0.4, 0.5) is 11.4 Å². The van der Waals surface area contributed by atoms with Crippen molar-refractivity contribution in [1.82, 2.24) is 0 Å². The number of benzene rings is 2. The molecule has 1 N–H and O–H groups in total. The average molecular weight is 427 g/mol. The van der Waals surface area contributed by atoms with Crippen LogP contribution in [0, 0.1) is 33.6 Å². The van der Waals surface area contributed by atoms with E-state index in [1.54, 1.807) is 6.07 Å². The number of rotatable bonds is 4. The van der Waals surface area contributed by atoms with Crippen molar-refractivity contribution in [3.63, 3.8) is 0 Å². The summed E-state index contributed by atoms with van der Waals surface area (Å²) in [4.78, 5) is 15.1. The summed E-state index contributed by atoms with van der Waals surface area (Å²) < 4.78 is 29.2. The molecule has 2 aliphatic rings. The van der Waals surface area contributed by atoms with Crippen LogP contribution in [0.15, 0.2) is 29.2 Å². The van der Waals surface area contributed by atoms with Gasteiger partial charge in [-0.15, -0.1) is 0 Å². The highest BCUT2D eigenvalue weighted by atomic mass is 32.2. The minimum absolute atomic E-state index is 0.143. The Hall–Kier alpha value is -2.34. The van der Waals surface area contributed by atoms with Gasteiger partial charge in [0.1, 0.15) is 0 Å². The Morgan fingerprint density at radius 2 is 1.63 bits per heavy atom. The molecule has 0 spiro atoms. The molecule has 5 nitrogen and oxygen atoms in total. The number of nitrogens with zero attached hydrogens (tertiary/aromatic N) is 1. The molecule has 4 rings (SSSR count). The second kappa shape index (κ2) is 7.73. The molecular weight excluding hydrogens is 396 g/mol. The van der Waals surface area contributed by atoms with Crippen LogP contribution in [-0.4, -0.2) is 20.9 Å². The second-order valence-corrected chi connectivity index (χ2v) is 10.4. The van der Waals surface area contributed by atoms with Gasteiger partial charge in [0.15, 0.2) is 0 Å². The van der Waals surface area contributed by atoms with Gasteiger partial charge in [0, 0.05) is 23.8 Å². The van der Waals surface area contributed by atoms with Crippen molar-refractivity contribution < 1.29 is 13.2 Å². The fourth-order valence-corrected chi connectivity index (χ4v) is 6.54. The summed E-state index contributed by atoms with van der Waals surface area (Å²) in [7, 11) is -3.71. The minimum atomic E-state index is -3.71. The Labute approximate surface area is 179 Å². The van der Waals surface area contributed by atoms with Gasteiger partial charge in [0.2, 0.25) is 5.91 Å². The summed E-state index contributed by atoms with van der Waals surface area (Å²) in [6.07, 6.45) is 4.99. The highest BCUT2D eigenvalue weighted by Gasteiger charge is 2.32. The first-order valence-electron chi connectivity index (χ1n) is 10.7. The van der Waals surface area contributed by atoms with Crippen molar-refractivity contribution in [3.8, 4) is 0 Å². The molecule has 30 heavy (non-hydrogen) atoms. The first-order valence-corrected chi connectivity index (χ1v) is 12.2. The molecule has 0 unspecified atom stereocenters. The van der Waals surface area contributed by atoms with Crippen molar-refractivity contribution in [3.05, 3.63) is 52.1 Å². The van der Waals surface area contributed by atoms with Crippen LogP contribution >= 0.6 is 0 Å². The van der Waals surface area contributed by atoms with Gasteiger partial charge in [-0.3, -0.25) is 9.52 Å². The number of nitrogens with one attached hydrogen (secondary N) is 1. The van der Waals surface area contributed by atoms with E-state index in [-0.39, 0.29) is 11.8 Å². The zero-order valence-corrected chi connectivity index (χ0v) is 19.0. The van der Waals surface area contributed by atoms with Crippen molar-refractivity contribution >= 4 is 27.3 Å². The first kappa shape index (κ1) is 20.9. The topological polar surface area (TPSA) is 66.5 Å². The van der Waals surface area contributed by atoms with E-state index >= 15 is 0 Å². The van der Waals surface area contributed by atoms with Gasteiger partial charge >= 0.3 is 0 Å². The molecule has 0 atom stereocenters. The number of hydrogen-bond acceptors (Lipinski definition) is 3. The zero-order chi connectivity index (χ0) is 21.6. The molecule has 1 saturated carbocycles. The van der Waals surface area contributed by atoms with Gasteiger partial charge in [-0.05, 0) is 93.0 Å². The van der Waals surface area contributed by atoms with Gasteiger partial charge in [-0.1, -0.05) is 18.9 Å². The smallest absolute Gasteiger partial charge is 0.262 e. The quantitative estimate of drug-likeness (QED) is 0.764. The van der Waals surface area contributed by atoms with Crippen LogP contribution in [0.5, 0.6) is 0 Å². The summed E-state index contributed by atoms with van der Waals surface area (Å²) in [6.45, 7) is 8.26. The molecule has 2 aromatic rings. The van der Waals surface area contributed by atoms with Gasteiger partial charge in [0.25, 0.3) is 10.0 Å². The first-order chi connectivity index (χ1) is 14.2. The number of anilines is 2. The number of aryl methyl sites for hydroxylation is 2. The molecule has 1 fully saturated rings. The van der Waals surface area contributed by atoms with Crippen LogP contribution in [0.3, 0.4) is 0 Å². The number of carbonyl (C=O) groups excluding carboxylic acids is 1. The SMILES string of the molecule is Cc1cc(C)c(C)c(S(=O)(=O)Nc2ccc3c(c2)CCN3C(=O)C2CCCC2)c1C. The molecule has 0 radical (unpaired) electrons. The summed E-state index contributed by atoms with van der Waals surface area (Å²) in [5.74, 6) is 0.366. The Morgan fingerprint density at radius 3 is 2.27 bits per heavy atom. The number of sulfonamides is 1. The van der Waals surface area contributed by atoms with Crippen molar-refractivity contribution in [2.45, 2.75) is 64.7 Å². The van der Waals surface area contributed by atoms with E-state index in [1.165, 1.54) is 0 Å². The van der Waals surface area contributed by atoms with Crippen LogP contribution < -0.4 is 9.62 Å². The lowest BCUT2D eigenvalue weighted by Crippen LogP contribution is -2.33. The molecular formula is C24H30N2O3S. The summed E-state index contributed by atoms with van der Waals surface area (Å²) in [5, 5.41) is 0. The lowest BCUT2D eigenvalue weighted by molar-refractivity contribution is -0.122. The highest BCUT2D eigenvalue weighted by Crippen LogP contribution is 2.36. The standard InChI is InChI=1S/C24H30N2O3S/c1-15-13-16(2)18(4)23(17(15)3)30(28,29)25-21-9-10-22-20(14-21)11-12-26(22)24(27)19-7-5-6-8-19/h9-10,13-14,19,25H,5-8,11-12H2,1-4H3. The number of amides is 1. The Bertz CT molecular complexity index is 1090. The monoisotopic (exact) mass is 426 g/mol. The minimum Gasteiger partial charge on any atom is -0.312 e. The normalized spacial score (nSPS) is 16.7. The number of carbonyl (C=O) groups is 1. The fourth-order valence-electron chi connectivity index (χ4n) is 4.88. The van der Waals surface area contributed by atoms with Crippen LogP contribution in [0.1, 0.15) is 53.5 Å². The molecule has 0 aromatic heterocycles. The Kier molecular flexibility index (Phi) is 5.39. The predicted molar refractivity (Wildman–Crippen MR) is 121 cm³/mol. The fraction of sp³-hybridized carbons (Fsp3) is 0.458. The van der Waals surface area contributed by atoms with Crippen molar-refractivity contribution in [2.75, 3.05) is 16.2 Å². The third-order valence-electron chi connectivity index (χ3n) is 6.76. The van der Waals surface area contributed by atoms with Gasteiger partial charge in [0.05, 0.1) is 4.90 Å². The van der Waals surface area contributed by atoms with E-state index in [0.29, 0.717) is 17.1 Å². The third kappa shape index (κ3) is 3.62. The lowest BCUT2D eigenvalue weighted by atomic mass is 10.0. The van der Waals surface area contributed by atoms with E-state index < -0.39 is 10.0 Å². The van der Waals surface area contributed by atoms with Crippen molar-refractivity contribution in [2.24, 2.45) is 5.92 Å². The maximum atomic E-state index is 13.2. The highest BCUT2D eigenvalue weighted by molar-refractivity contribution is 7.92. The van der Waals surface area contributed by atoms with E-state index in [2.05, 4.69) is 4.72 Å². The molecule has 1 aliphatic carbocycles. The van der Waals surface area contributed by atoms with E-state index in [9.17, 15) is 13.2 Å². The molecule has 2 aromatic carbocycles.